The van der Waals surface area contributed by atoms with Gasteiger partial charge in [-0.1, -0.05) is 43.1 Å². The van der Waals surface area contributed by atoms with Crippen LogP contribution in [-0.4, -0.2) is 14.9 Å². The third-order valence-corrected chi connectivity index (χ3v) is 4.07. The average Bonchev–Trinajstić information content (AvgIpc) is 2.44. The predicted octanol–water partition coefficient (Wildman–Crippen LogP) is 4.93. The molecule has 0 spiro atoms. The molecule has 0 aliphatic carbocycles. The van der Waals surface area contributed by atoms with Gasteiger partial charge < -0.3 is 0 Å². The molecule has 0 radical (unpaired) electrons. The highest BCUT2D eigenvalue weighted by atomic mass is 35.5. The highest BCUT2D eigenvalue weighted by Crippen LogP contribution is 2.31. The van der Waals surface area contributed by atoms with E-state index in [0.717, 1.165) is 11.9 Å². The third-order valence-electron chi connectivity index (χ3n) is 2.72. The van der Waals surface area contributed by atoms with Gasteiger partial charge in [0, 0.05) is 22.6 Å². The van der Waals surface area contributed by atoms with Gasteiger partial charge in [-0.3, -0.25) is 14.8 Å². The van der Waals surface area contributed by atoms with Crippen LogP contribution >= 0.6 is 35.1 Å². The van der Waals surface area contributed by atoms with Crippen molar-refractivity contribution < 1.29 is 4.92 Å². The van der Waals surface area contributed by atoms with E-state index in [1.165, 1.54) is 12.1 Å². The molecule has 22 heavy (non-hydrogen) atoms. The Hall–Kier alpha value is -1.57. The number of nitro groups is 1. The van der Waals surface area contributed by atoms with E-state index >= 15 is 0 Å². The van der Waals surface area contributed by atoms with Crippen LogP contribution in [-0.2, 0) is 0 Å². The smallest absolute Gasteiger partial charge is 0.270 e. The van der Waals surface area contributed by atoms with Crippen molar-refractivity contribution in [1.29, 1.82) is 0 Å². The van der Waals surface area contributed by atoms with E-state index in [4.69, 9.17) is 23.2 Å². The predicted molar refractivity (Wildman–Crippen MR) is 88.7 cm³/mol. The first-order valence-corrected chi connectivity index (χ1v) is 7.86. The van der Waals surface area contributed by atoms with Gasteiger partial charge in [0.1, 0.15) is 10.3 Å². The van der Waals surface area contributed by atoms with Crippen LogP contribution in [0.4, 0.5) is 11.6 Å². The lowest BCUT2D eigenvalue weighted by molar-refractivity contribution is -0.385. The molecule has 1 N–H and O–H groups in total. The number of anilines is 1. The Labute approximate surface area is 141 Å². The minimum absolute atomic E-state index is 0.0129. The summed E-state index contributed by atoms with van der Waals surface area (Å²) >= 11 is 13.3. The number of benzene rings is 1. The van der Waals surface area contributed by atoms with Crippen molar-refractivity contribution in [3.63, 3.8) is 0 Å². The van der Waals surface area contributed by atoms with Gasteiger partial charge in [0.2, 0.25) is 5.95 Å². The minimum Gasteiger partial charge on any atom is -0.294 e. The maximum Gasteiger partial charge on any atom is 0.270 e. The average molecular weight is 359 g/mol. The molecule has 1 aromatic carbocycles. The van der Waals surface area contributed by atoms with Crippen LogP contribution in [0, 0.1) is 10.1 Å². The van der Waals surface area contributed by atoms with E-state index in [1.54, 1.807) is 12.1 Å². The molecule has 2 aromatic rings. The van der Waals surface area contributed by atoms with Crippen molar-refractivity contribution in [1.82, 2.24) is 9.97 Å². The van der Waals surface area contributed by atoms with E-state index in [0.29, 0.717) is 10.5 Å². The molecule has 1 aromatic heterocycles. The second-order valence-corrected chi connectivity index (χ2v) is 6.25. The fourth-order valence-corrected chi connectivity index (χ4v) is 3.15. The van der Waals surface area contributed by atoms with Crippen molar-refractivity contribution in [3.8, 4) is 0 Å². The zero-order valence-corrected chi connectivity index (χ0v) is 14.0. The highest BCUT2D eigenvalue weighted by molar-refractivity contribution is 8.00. The second-order valence-electron chi connectivity index (χ2n) is 4.66. The summed E-state index contributed by atoms with van der Waals surface area (Å²) in [6.07, 6.45) is 0. The van der Waals surface area contributed by atoms with Crippen molar-refractivity contribution in [2.24, 2.45) is 0 Å². The van der Waals surface area contributed by atoms with Crippen LogP contribution in [0.5, 0.6) is 0 Å². The first-order valence-electron chi connectivity index (χ1n) is 6.28. The Bertz CT molecular complexity index is 689. The maximum absolute atomic E-state index is 10.7. The summed E-state index contributed by atoms with van der Waals surface area (Å²) < 4.78 is 2.88. The molecular formula is C13H12Cl2N4O2S. The molecule has 0 saturated heterocycles. The Morgan fingerprint density at radius 3 is 2.45 bits per heavy atom. The fraction of sp³-hybridized carbons (Fsp3) is 0.231. The number of aromatic nitrogens is 2. The summed E-state index contributed by atoms with van der Waals surface area (Å²) in [6, 6.07) is 6.20. The Balaban J connectivity index is 2.15. The van der Waals surface area contributed by atoms with Crippen LogP contribution in [0.1, 0.15) is 25.3 Å². The Morgan fingerprint density at radius 1 is 1.27 bits per heavy atom. The molecule has 116 valence electrons. The summed E-state index contributed by atoms with van der Waals surface area (Å²) in [5, 5.41) is 11.3. The van der Waals surface area contributed by atoms with Crippen LogP contribution in [0.2, 0.25) is 10.3 Å². The summed E-state index contributed by atoms with van der Waals surface area (Å²) in [4.78, 5) is 19.2. The number of hydrogen-bond donors (Lipinski definition) is 1. The number of nitro benzene ring substituents is 1. The Morgan fingerprint density at radius 2 is 1.91 bits per heavy atom. The number of hydrogen-bond acceptors (Lipinski definition) is 6. The number of halogens is 2. The largest absolute Gasteiger partial charge is 0.294 e. The second kappa shape index (κ2) is 7.13. The number of non-ortho nitro benzene ring substituents is 1. The van der Waals surface area contributed by atoms with Crippen molar-refractivity contribution >= 4 is 46.8 Å². The number of nitrogens with zero attached hydrogens (tertiary/aromatic N) is 3. The fourth-order valence-electron chi connectivity index (χ4n) is 1.70. The molecule has 0 aliphatic heterocycles. The van der Waals surface area contributed by atoms with Gasteiger partial charge in [-0.2, -0.15) is 9.97 Å². The van der Waals surface area contributed by atoms with E-state index in [-0.39, 0.29) is 27.9 Å². The molecule has 0 saturated carbocycles. The molecule has 6 nitrogen and oxygen atoms in total. The standard InChI is InChI=1S/C13H12Cl2N4O2S/c1-7(2)10-11(14)16-13(17-12(10)15)18-22-9-5-3-4-8(6-9)19(20)21/h3-7H,1-2H3,(H,16,17,18). The van der Waals surface area contributed by atoms with Crippen LogP contribution in [0.3, 0.4) is 0 Å². The van der Waals surface area contributed by atoms with E-state index in [2.05, 4.69) is 14.7 Å². The summed E-state index contributed by atoms with van der Waals surface area (Å²) in [5.41, 5.74) is 0.702. The lowest BCUT2D eigenvalue weighted by Crippen LogP contribution is -2.01. The maximum atomic E-state index is 10.7. The molecular weight excluding hydrogens is 347 g/mol. The van der Waals surface area contributed by atoms with Crippen molar-refractivity contribution in [2.75, 3.05) is 4.72 Å². The third kappa shape index (κ3) is 4.00. The molecule has 0 atom stereocenters. The summed E-state index contributed by atoms with van der Waals surface area (Å²) in [7, 11) is 0. The summed E-state index contributed by atoms with van der Waals surface area (Å²) in [5.74, 6) is 0.356. The van der Waals surface area contributed by atoms with Gasteiger partial charge in [-0.05, 0) is 23.9 Å². The van der Waals surface area contributed by atoms with Crippen LogP contribution in [0.25, 0.3) is 0 Å². The van der Waals surface area contributed by atoms with Crippen molar-refractivity contribution in [3.05, 3.63) is 50.2 Å². The molecule has 0 bridgehead atoms. The summed E-state index contributed by atoms with van der Waals surface area (Å²) in [6.45, 7) is 3.89. The zero-order valence-electron chi connectivity index (χ0n) is 11.7. The first-order chi connectivity index (χ1) is 10.4. The van der Waals surface area contributed by atoms with Gasteiger partial charge in [0.25, 0.3) is 5.69 Å². The normalized spacial score (nSPS) is 10.8. The molecule has 0 unspecified atom stereocenters. The minimum atomic E-state index is -0.453. The topological polar surface area (TPSA) is 81.0 Å². The van der Waals surface area contributed by atoms with E-state index < -0.39 is 4.92 Å². The highest BCUT2D eigenvalue weighted by Gasteiger charge is 2.15. The lowest BCUT2D eigenvalue weighted by atomic mass is 10.1. The van der Waals surface area contributed by atoms with Crippen LogP contribution in [0.15, 0.2) is 29.2 Å². The van der Waals surface area contributed by atoms with Crippen molar-refractivity contribution in [2.45, 2.75) is 24.7 Å². The van der Waals surface area contributed by atoms with Gasteiger partial charge in [-0.25, -0.2) is 0 Å². The number of nitrogens with one attached hydrogen (secondary N) is 1. The molecule has 0 amide bonds. The molecule has 0 aliphatic rings. The van der Waals surface area contributed by atoms with Gasteiger partial charge in [0.15, 0.2) is 0 Å². The molecule has 1 heterocycles. The SMILES string of the molecule is CC(C)c1c(Cl)nc(NSc2cccc([N+](=O)[O-])c2)nc1Cl. The quantitative estimate of drug-likeness (QED) is 0.353. The zero-order chi connectivity index (χ0) is 16.3. The molecule has 9 heteroatoms. The van der Waals surface area contributed by atoms with Gasteiger partial charge in [-0.15, -0.1) is 0 Å². The van der Waals surface area contributed by atoms with Gasteiger partial charge in [0.05, 0.1) is 4.92 Å². The van der Waals surface area contributed by atoms with E-state index in [1.807, 2.05) is 13.8 Å². The first kappa shape index (κ1) is 16.8. The van der Waals surface area contributed by atoms with E-state index in [9.17, 15) is 10.1 Å². The van der Waals surface area contributed by atoms with Crippen LogP contribution < -0.4 is 4.72 Å². The molecule has 0 fully saturated rings. The lowest BCUT2D eigenvalue weighted by Gasteiger charge is -2.11. The van der Waals surface area contributed by atoms with Gasteiger partial charge >= 0.3 is 0 Å². The Kier molecular flexibility index (Phi) is 5.44. The molecule has 2 rings (SSSR count). The number of rotatable bonds is 5. The monoisotopic (exact) mass is 358 g/mol.